The van der Waals surface area contributed by atoms with Crippen LogP contribution in [0.3, 0.4) is 0 Å². The molecule has 1 aliphatic heterocycles. The third kappa shape index (κ3) is 2.57. The Hall–Kier alpha value is -1.35. The highest BCUT2D eigenvalue weighted by Crippen LogP contribution is 2.16. The van der Waals surface area contributed by atoms with Crippen LogP contribution in [0.15, 0.2) is 24.9 Å². The summed E-state index contributed by atoms with van der Waals surface area (Å²) in [6, 6.07) is 4.32. The quantitative estimate of drug-likeness (QED) is 0.812. The molecular formula is C12H16N2O. The number of hydrogen-bond donors (Lipinski definition) is 1. The van der Waals surface area contributed by atoms with Crippen molar-refractivity contribution in [1.82, 2.24) is 10.3 Å². The molecule has 1 aromatic rings. The van der Waals surface area contributed by atoms with Gasteiger partial charge in [-0.25, -0.2) is 4.98 Å². The van der Waals surface area contributed by atoms with Gasteiger partial charge in [-0.05, 0) is 31.5 Å². The molecule has 3 nitrogen and oxygen atoms in total. The standard InChI is InChI=1S/C12H16N2O/c1-2-10-5-3-8-14-12(10)15-9-11-6-4-7-13-11/h2-3,5,8,11,13H,1,4,6-7,9H2. The molecule has 1 aromatic heterocycles. The molecule has 0 bridgehead atoms. The van der Waals surface area contributed by atoms with Gasteiger partial charge in [-0.15, -0.1) is 0 Å². The summed E-state index contributed by atoms with van der Waals surface area (Å²) in [7, 11) is 0. The van der Waals surface area contributed by atoms with Gasteiger partial charge in [0.05, 0.1) is 0 Å². The predicted octanol–water partition coefficient (Wildman–Crippen LogP) is 1.86. The maximum absolute atomic E-state index is 5.67. The molecule has 1 atom stereocenters. The number of pyridine rings is 1. The zero-order chi connectivity index (χ0) is 10.5. The van der Waals surface area contributed by atoms with E-state index >= 15 is 0 Å². The highest BCUT2D eigenvalue weighted by Gasteiger charge is 2.15. The van der Waals surface area contributed by atoms with Crippen LogP contribution in [-0.4, -0.2) is 24.2 Å². The van der Waals surface area contributed by atoms with E-state index in [2.05, 4.69) is 16.9 Å². The lowest BCUT2D eigenvalue weighted by Crippen LogP contribution is -2.28. The van der Waals surface area contributed by atoms with E-state index < -0.39 is 0 Å². The van der Waals surface area contributed by atoms with Gasteiger partial charge in [-0.1, -0.05) is 12.7 Å². The third-order valence-electron chi connectivity index (χ3n) is 2.60. The lowest BCUT2D eigenvalue weighted by atomic mass is 10.2. The van der Waals surface area contributed by atoms with Gasteiger partial charge in [-0.2, -0.15) is 0 Å². The monoisotopic (exact) mass is 204 g/mol. The van der Waals surface area contributed by atoms with E-state index in [4.69, 9.17) is 4.74 Å². The summed E-state index contributed by atoms with van der Waals surface area (Å²) in [4.78, 5) is 4.19. The lowest BCUT2D eigenvalue weighted by molar-refractivity contribution is 0.267. The zero-order valence-electron chi connectivity index (χ0n) is 8.78. The van der Waals surface area contributed by atoms with Crippen molar-refractivity contribution >= 4 is 6.08 Å². The highest BCUT2D eigenvalue weighted by molar-refractivity contribution is 5.52. The maximum Gasteiger partial charge on any atom is 0.220 e. The molecule has 1 saturated heterocycles. The molecule has 1 N–H and O–H groups in total. The molecule has 0 radical (unpaired) electrons. The molecule has 0 amide bonds. The molecule has 80 valence electrons. The van der Waals surface area contributed by atoms with Crippen molar-refractivity contribution in [2.24, 2.45) is 0 Å². The zero-order valence-corrected chi connectivity index (χ0v) is 8.78. The Balaban J connectivity index is 1.94. The van der Waals surface area contributed by atoms with Crippen LogP contribution in [0.4, 0.5) is 0 Å². The SMILES string of the molecule is C=Cc1cccnc1OCC1CCCN1. The number of ether oxygens (including phenoxy) is 1. The van der Waals surface area contributed by atoms with E-state index in [1.165, 1.54) is 12.8 Å². The Kier molecular flexibility index (Phi) is 3.35. The number of nitrogens with zero attached hydrogens (tertiary/aromatic N) is 1. The second-order valence-electron chi connectivity index (χ2n) is 3.71. The van der Waals surface area contributed by atoms with Crippen LogP contribution in [0, 0.1) is 0 Å². The van der Waals surface area contributed by atoms with Crippen molar-refractivity contribution in [1.29, 1.82) is 0 Å². The van der Waals surface area contributed by atoms with Crippen molar-refractivity contribution in [3.63, 3.8) is 0 Å². The summed E-state index contributed by atoms with van der Waals surface area (Å²) < 4.78 is 5.67. The number of aromatic nitrogens is 1. The van der Waals surface area contributed by atoms with Crippen LogP contribution < -0.4 is 10.1 Å². The van der Waals surface area contributed by atoms with E-state index in [0.29, 0.717) is 18.5 Å². The number of hydrogen-bond acceptors (Lipinski definition) is 3. The lowest BCUT2D eigenvalue weighted by Gasteiger charge is -2.12. The fourth-order valence-corrected chi connectivity index (χ4v) is 1.76. The van der Waals surface area contributed by atoms with Gasteiger partial charge in [0.25, 0.3) is 0 Å². The largest absolute Gasteiger partial charge is 0.476 e. The molecule has 1 fully saturated rings. The Labute approximate surface area is 90.2 Å². The molecular weight excluding hydrogens is 188 g/mol. The van der Waals surface area contributed by atoms with Gasteiger partial charge in [0.15, 0.2) is 0 Å². The number of nitrogens with one attached hydrogen (secondary N) is 1. The Bertz CT molecular complexity index is 332. The first-order valence-electron chi connectivity index (χ1n) is 5.34. The molecule has 1 aliphatic rings. The Morgan fingerprint density at radius 3 is 3.33 bits per heavy atom. The topological polar surface area (TPSA) is 34.1 Å². The predicted molar refractivity (Wildman–Crippen MR) is 60.8 cm³/mol. The second-order valence-corrected chi connectivity index (χ2v) is 3.71. The van der Waals surface area contributed by atoms with Crippen LogP contribution in [0.1, 0.15) is 18.4 Å². The second kappa shape index (κ2) is 4.94. The summed E-state index contributed by atoms with van der Waals surface area (Å²) in [5.41, 5.74) is 0.954. The van der Waals surface area contributed by atoms with Gasteiger partial charge in [0.2, 0.25) is 5.88 Å². The number of rotatable bonds is 4. The summed E-state index contributed by atoms with van der Waals surface area (Å²) in [6.07, 6.45) is 5.94. The van der Waals surface area contributed by atoms with Crippen molar-refractivity contribution in [2.75, 3.05) is 13.2 Å². The maximum atomic E-state index is 5.67. The van der Waals surface area contributed by atoms with Crippen LogP contribution in [0.25, 0.3) is 6.08 Å². The molecule has 0 saturated carbocycles. The van der Waals surface area contributed by atoms with Crippen molar-refractivity contribution in [3.8, 4) is 5.88 Å². The first-order valence-corrected chi connectivity index (χ1v) is 5.34. The molecule has 15 heavy (non-hydrogen) atoms. The van der Waals surface area contributed by atoms with E-state index in [9.17, 15) is 0 Å². The van der Waals surface area contributed by atoms with Gasteiger partial charge >= 0.3 is 0 Å². The van der Waals surface area contributed by atoms with Crippen LogP contribution in [-0.2, 0) is 0 Å². The molecule has 2 rings (SSSR count). The van der Waals surface area contributed by atoms with Gasteiger partial charge in [0.1, 0.15) is 6.61 Å². The molecule has 0 spiro atoms. The van der Waals surface area contributed by atoms with Gasteiger partial charge in [0, 0.05) is 17.8 Å². The fraction of sp³-hybridized carbons (Fsp3) is 0.417. The van der Waals surface area contributed by atoms with E-state index in [1.807, 2.05) is 12.1 Å². The summed E-state index contributed by atoms with van der Waals surface area (Å²) in [6.45, 7) is 5.53. The van der Waals surface area contributed by atoms with Crippen molar-refractivity contribution in [3.05, 3.63) is 30.5 Å². The summed E-state index contributed by atoms with van der Waals surface area (Å²) in [5.74, 6) is 0.682. The van der Waals surface area contributed by atoms with Crippen molar-refractivity contribution < 1.29 is 4.74 Å². The van der Waals surface area contributed by atoms with E-state index in [1.54, 1.807) is 12.3 Å². The normalized spacial score (nSPS) is 20.1. The Morgan fingerprint density at radius 1 is 1.67 bits per heavy atom. The average Bonchev–Trinajstić information content (AvgIpc) is 2.79. The van der Waals surface area contributed by atoms with Crippen LogP contribution >= 0.6 is 0 Å². The van der Waals surface area contributed by atoms with E-state index in [-0.39, 0.29) is 0 Å². The smallest absolute Gasteiger partial charge is 0.220 e. The fourth-order valence-electron chi connectivity index (χ4n) is 1.76. The minimum absolute atomic E-state index is 0.477. The summed E-state index contributed by atoms with van der Waals surface area (Å²) in [5, 5.41) is 3.39. The Morgan fingerprint density at radius 2 is 2.60 bits per heavy atom. The molecule has 3 heteroatoms. The minimum atomic E-state index is 0.477. The third-order valence-corrected chi connectivity index (χ3v) is 2.60. The van der Waals surface area contributed by atoms with Crippen molar-refractivity contribution in [2.45, 2.75) is 18.9 Å². The molecule has 1 unspecified atom stereocenters. The molecule has 2 heterocycles. The van der Waals surface area contributed by atoms with Gasteiger partial charge in [-0.3, -0.25) is 0 Å². The molecule has 0 aliphatic carbocycles. The average molecular weight is 204 g/mol. The highest BCUT2D eigenvalue weighted by atomic mass is 16.5. The summed E-state index contributed by atoms with van der Waals surface area (Å²) >= 11 is 0. The first kappa shape index (κ1) is 10.2. The molecule has 0 aromatic carbocycles. The first-order chi connectivity index (χ1) is 7.40. The van der Waals surface area contributed by atoms with E-state index in [0.717, 1.165) is 12.1 Å². The van der Waals surface area contributed by atoms with Gasteiger partial charge < -0.3 is 10.1 Å². The van der Waals surface area contributed by atoms with Crippen LogP contribution in [0.2, 0.25) is 0 Å². The van der Waals surface area contributed by atoms with Crippen LogP contribution in [0.5, 0.6) is 5.88 Å². The minimum Gasteiger partial charge on any atom is -0.476 e.